The Morgan fingerprint density at radius 3 is 1.05 bits per heavy atom. The predicted octanol–water partition coefficient (Wildman–Crippen LogP) is 16.3. The van der Waals surface area contributed by atoms with Crippen LogP contribution in [0.15, 0.2) is 134 Å². The minimum atomic E-state index is -0.838. The van der Waals surface area contributed by atoms with Crippen molar-refractivity contribution in [1.82, 2.24) is 0 Å². The summed E-state index contributed by atoms with van der Waals surface area (Å²) in [6.07, 6.45) is 70.2. The van der Waals surface area contributed by atoms with Crippen molar-refractivity contribution in [2.45, 2.75) is 194 Å². The average molecular weight is 869 g/mol. The molecule has 0 spiro atoms. The molecule has 0 unspecified atom stereocenters. The molecule has 352 valence electrons. The molecule has 6 heteroatoms. The lowest BCUT2D eigenvalue weighted by Gasteiger charge is -2.18. The van der Waals surface area contributed by atoms with Crippen molar-refractivity contribution in [3.05, 3.63) is 134 Å². The fraction of sp³-hybridized carbons (Fsp3) is 0.561. The number of ether oxygens (including phenoxy) is 3. The second-order valence-corrected chi connectivity index (χ2v) is 15.6. The summed E-state index contributed by atoms with van der Waals surface area (Å²) in [6, 6.07) is 0. The van der Waals surface area contributed by atoms with E-state index in [0.717, 1.165) is 109 Å². The van der Waals surface area contributed by atoms with Crippen molar-refractivity contribution in [1.29, 1.82) is 0 Å². The summed E-state index contributed by atoms with van der Waals surface area (Å²) in [5.74, 6) is -1.07. The average Bonchev–Trinajstić information content (AvgIpc) is 3.28. The van der Waals surface area contributed by atoms with Crippen molar-refractivity contribution in [2.24, 2.45) is 0 Å². The molecule has 6 nitrogen and oxygen atoms in total. The van der Waals surface area contributed by atoms with Gasteiger partial charge in [-0.1, -0.05) is 187 Å². The third-order valence-electron chi connectivity index (χ3n) is 9.62. The van der Waals surface area contributed by atoms with Crippen molar-refractivity contribution in [3.63, 3.8) is 0 Å². The van der Waals surface area contributed by atoms with E-state index < -0.39 is 12.1 Å². The van der Waals surface area contributed by atoms with Crippen molar-refractivity contribution in [3.8, 4) is 0 Å². The Bertz CT molecular complexity index is 1420. The Hall–Kier alpha value is -4.45. The number of carbonyl (C=O) groups is 3. The number of hydrogen-bond acceptors (Lipinski definition) is 6. The lowest BCUT2D eigenvalue weighted by Crippen LogP contribution is -2.30. The number of unbranched alkanes of at least 4 members (excludes halogenated alkanes) is 9. The lowest BCUT2D eigenvalue weighted by molar-refractivity contribution is -0.167. The Morgan fingerprint density at radius 2 is 0.635 bits per heavy atom. The van der Waals surface area contributed by atoms with Crippen molar-refractivity contribution in [2.75, 3.05) is 13.2 Å². The summed E-state index contributed by atoms with van der Waals surface area (Å²) in [4.78, 5) is 37.9. The number of carbonyl (C=O) groups excluding carboxylic acids is 3. The van der Waals surface area contributed by atoms with E-state index in [-0.39, 0.29) is 38.0 Å². The van der Waals surface area contributed by atoms with Gasteiger partial charge in [0.25, 0.3) is 0 Å². The van der Waals surface area contributed by atoms with Gasteiger partial charge < -0.3 is 14.2 Å². The highest BCUT2D eigenvalue weighted by Gasteiger charge is 2.19. The van der Waals surface area contributed by atoms with Gasteiger partial charge in [0.05, 0.1) is 0 Å². The Balaban J connectivity index is 4.60. The van der Waals surface area contributed by atoms with Crippen LogP contribution < -0.4 is 0 Å². The molecule has 0 rings (SSSR count). The second kappa shape index (κ2) is 50.2. The van der Waals surface area contributed by atoms with Crippen LogP contribution in [0.4, 0.5) is 0 Å². The van der Waals surface area contributed by atoms with Crippen LogP contribution in [0.25, 0.3) is 0 Å². The van der Waals surface area contributed by atoms with Crippen LogP contribution in [0.3, 0.4) is 0 Å². The first-order chi connectivity index (χ1) is 31.0. The van der Waals surface area contributed by atoms with Crippen LogP contribution in [-0.2, 0) is 28.6 Å². The highest BCUT2D eigenvalue weighted by atomic mass is 16.6. The summed E-state index contributed by atoms with van der Waals surface area (Å²) in [5, 5.41) is 0. The first-order valence-electron chi connectivity index (χ1n) is 24.7. The van der Waals surface area contributed by atoms with E-state index >= 15 is 0 Å². The van der Waals surface area contributed by atoms with Crippen LogP contribution in [0, 0.1) is 0 Å². The molecule has 0 fully saturated rings. The maximum absolute atomic E-state index is 12.8. The van der Waals surface area contributed by atoms with E-state index in [2.05, 4.69) is 154 Å². The van der Waals surface area contributed by atoms with E-state index in [1.54, 1.807) is 0 Å². The number of esters is 3. The summed E-state index contributed by atoms with van der Waals surface area (Å²) < 4.78 is 16.6. The van der Waals surface area contributed by atoms with E-state index in [1.165, 1.54) is 25.7 Å². The fourth-order valence-corrected chi connectivity index (χ4v) is 5.96. The summed E-state index contributed by atoms with van der Waals surface area (Å²) in [7, 11) is 0. The van der Waals surface area contributed by atoms with Gasteiger partial charge >= 0.3 is 17.9 Å². The zero-order valence-electron chi connectivity index (χ0n) is 40.0. The molecule has 0 aromatic heterocycles. The molecule has 0 amide bonds. The second-order valence-electron chi connectivity index (χ2n) is 15.6. The molecule has 0 saturated heterocycles. The minimum Gasteiger partial charge on any atom is -0.462 e. The fourth-order valence-electron chi connectivity index (χ4n) is 5.96. The number of rotatable bonds is 42. The quantitative estimate of drug-likeness (QED) is 0.0263. The highest BCUT2D eigenvalue weighted by Crippen LogP contribution is 2.11. The molecule has 0 N–H and O–H groups in total. The molecule has 0 saturated carbocycles. The summed E-state index contributed by atoms with van der Waals surface area (Å²) >= 11 is 0. The minimum absolute atomic E-state index is 0.128. The monoisotopic (exact) mass is 869 g/mol. The van der Waals surface area contributed by atoms with Gasteiger partial charge in [-0.3, -0.25) is 14.4 Å². The third kappa shape index (κ3) is 48.4. The van der Waals surface area contributed by atoms with E-state index in [0.29, 0.717) is 19.3 Å². The zero-order chi connectivity index (χ0) is 45.8. The summed E-state index contributed by atoms with van der Waals surface area (Å²) in [6.45, 7) is 6.23. The van der Waals surface area contributed by atoms with Crippen LogP contribution in [0.1, 0.15) is 188 Å². The molecule has 0 aliphatic rings. The molecule has 0 bridgehead atoms. The Kier molecular flexibility index (Phi) is 46.7. The largest absolute Gasteiger partial charge is 0.462 e. The smallest absolute Gasteiger partial charge is 0.306 e. The van der Waals surface area contributed by atoms with Gasteiger partial charge in [-0.25, -0.2) is 0 Å². The van der Waals surface area contributed by atoms with Crippen LogP contribution in [0.2, 0.25) is 0 Å². The molecule has 0 aliphatic heterocycles. The molecule has 63 heavy (non-hydrogen) atoms. The Labute approximate surface area is 385 Å². The molecule has 0 aromatic carbocycles. The van der Waals surface area contributed by atoms with E-state index in [9.17, 15) is 14.4 Å². The number of allylic oxidation sites excluding steroid dienone is 22. The first-order valence-corrected chi connectivity index (χ1v) is 24.7. The normalized spacial score (nSPS) is 13.3. The molecule has 0 heterocycles. The van der Waals surface area contributed by atoms with Crippen LogP contribution >= 0.6 is 0 Å². The standard InChI is InChI=1S/C57H88O6/c1-4-7-10-13-16-19-22-24-26-28-30-32-35-38-41-44-47-50-56(59)62-53-54(52-61-55(58)49-46-43-40-37-34-21-18-15-12-9-6-3)63-57(60)51-48-45-42-39-36-33-31-29-27-25-23-20-17-14-11-8-5-2/h7-8,10-11,15-20,24-27,30-33,38-39,41-42,54H,4-6,9,12-14,21-23,28-29,34-37,40,43-53H2,1-3H3/b10-7-,11-8-,18-15-,19-16-,20-17-,26-24-,27-25-,32-30-,33-31-,41-38-,42-39-/t54-/m0/s1. The van der Waals surface area contributed by atoms with Gasteiger partial charge in [0.1, 0.15) is 13.2 Å². The third-order valence-corrected chi connectivity index (χ3v) is 9.62. The van der Waals surface area contributed by atoms with E-state index in [4.69, 9.17) is 14.2 Å². The topological polar surface area (TPSA) is 78.9 Å². The predicted molar refractivity (Wildman–Crippen MR) is 269 cm³/mol. The Morgan fingerprint density at radius 1 is 0.333 bits per heavy atom. The lowest BCUT2D eigenvalue weighted by atomic mass is 10.1. The van der Waals surface area contributed by atoms with Crippen molar-refractivity contribution >= 4 is 17.9 Å². The van der Waals surface area contributed by atoms with Gasteiger partial charge in [-0.2, -0.15) is 0 Å². The van der Waals surface area contributed by atoms with Gasteiger partial charge in [-0.15, -0.1) is 0 Å². The molecular formula is C57H88O6. The van der Waals surface area contributed by atoms with Gasteiger partial charge in [0, 0.05) is 19.3 Å². The highest BCUT2D eigenvalue weighted by molar-refractivity contribution is 5.71. The molecule has 0 aliphatic carbocycles. The summed E-state index contributed by atoms with van der Waals surface area (Å²) in [5.41, 5.74) is 0. The molecule has 0 aromatic rings. The van der Waals surface area contributed by atoms with Gasteiger partial charge in [0.15, 0.2) is 6.10 Å². The molecule has 1 atom stereocenters. The molecule has 0 radical (unpaired) electrons. The van der Waals surface area contributed by atoms with E-state index in [1.807, 2.05) is 0 Å². The maximum atomic E-state index is 12.8. The zero-order valence-corrected chi connectivity index (χ0v) is 40.0. The SMILES string of the molecule is CC/C=C\C/C=C\C/C=C\C/C=C\C/C=C\CCCC(=O)OC[C@H](COC(=O)CCCCCCC/C=C\CCCC)OC(=O)CCC/C=C\C/C=C\C/C=C\C/C=C\C/C=C\CC. The molecular weight excluding hydrogens is 781 g/mol. The maximum Gasteiger partial charge on any atom is 0.306 e. The van der Waals surface area contributed by atoms with Crippen molar-refractivity contribution < 1.29 is 28.6 Å². The van der Waals surface area contributed by atoms with Gasteiger partial charge in [-0.05, 0) is 116 Å². The first kappa shape index (κ1) is 58.6. The number of hydrogen-bond donors (Lipinski definition) is 0. The van der Waals surface area contributed by atoms with Crippen LogP contribution in [-0.4, -0.2) is 37.2 Å². The van der Waals surface area contributed by atoms with Gasteiger partial charge in [0.2, 0.25) is 0 Å². The van der Waals surface area contributed by atoms with Crippen LogP contribution in [0.5, 0.6) is 0 Å².